The van der Waals surface area contributed by atoms with Gasteiger partial charge in [-0.2, -0.15) is 13.2 Å². The molecule has 0 spiro atoms. The van der Waals surface area contributed by atoms with Gasteiger partial charge in [0.05, 0.1) is 11.3 Å². The highest BCUT2D eigenvalue weighted by Gasteiger charge is 2.30. The molecule has 0 aliphatic heterocycles. The molecule has 0 bridgehead atoms. The number of amides is 1. The Kier molecular flexibility index (Phi) is 6.42. The summed E-state index contributed by atoms with van der Waals surface area (Å²) in [6.45, 7) is 1.26. The number of benzene rings is 2. The highest BCUT2D eigenvalue weighted by atomic mass is 32.2. The van der Waals surface area contributed by atoms with E-state index in [9.17, 15) is 27.2 Å². The van der Waals surface area contributed by atoms with Crippen LogP contribution in [0.2, 0.25) is 0 Å². The summed E-state index contributed by atoms with van der Waals surface area (Å²) in [7, 11) is 0. The Morgan fingerprint density at radius 3 is 2.46 bits per heavy atom. The lowest BCUT2D eigenvalue weighted by atomic mass is 10.1. The molecule has 0 aliphatic rings. The predicted molar refractivity (Wildman–Crippen MR) is 90.4 cm³/mol. The average Bonchev–Trinajstić information content (AvgIpc) is 2.58. The quantitative estimate of drug-likeness (QED) is 0.454. The molecule has 2 aromatic rings. The molecule has 0 heterocycles. The summed E-state index contributed by atoms with van der Waals surface area (Å²) in [5.41, 5.74) is -0.234. The van der Waals surface area contributed by atoms with E-state index in [1.54, 1.807) is 0 Å². The lowest BCUT2D eigenvalue weighted by Crippen LogP contribution is -2.24. The molecule has 0 radical (unpaired) electrons. The summed E-state index contributed by atoms with van der Waals surface area (Å²) >= 11 is 0.940. The second kappa shape index (κ2) is 8.35. The number of carbonyl (C=O) groups excluding carboxylic acids is 2. The maximum atomic E-state index is 13.9. The number of thioether (sulfide) groups is 1. The van der Waals surface area contributed by atoms with Crippen molar-refractivity contribution >= 4 is 23.5 Å². The molecule has 0 saturated carbocycles. The molecule has 0 aliphatic carbocycles. The fourth-order valence-corrected chi connectivity index (χ4v) is 2.84. The van der Waals surface area contributed by atoms with Crippen LogP contribution in [-0.4, -0.2) is 17.4 Å². The van der Waals surface area contributed by atoms with Crippen LogP contribution in [0.15, 0.2) is 47.4 Å². The van der Waals surface area contributed by atoms with Gasteiger partial charge in [-0.1, -0.05) is 18.2 Å². The minimum Gasteiger partial charge on any atom is -0.351 e. The van der Waals surface area contributed by atoms with E-state index >= 15 is 0 Å². The number of carbonyl (C=O) groups is 2. The van der Waals surface area contributed by atoms with Gasteiger partial charge in [0.15, 0.2) is 5.78 Å². The van der Waals surface area contributed by atoms with Crippen molar-refractivity contribution in [1.82, 2.24) is 5.32 Å². The van der Waals surface area contributed by atoms with E-state index in [-0.39, 0.29) is 28.5 Å². The van der Waals surface area contributed by atoms with Crippen LogP contribution in [0.3, 0.4) is 0 Å². The van der Waals surface area contributed by atoms with Gasteiger partial charge in [0.25, 0.3) is 0 Å². The number of ketones is 1. The summed E-state index contributed by atoms with van der Waals surface area (Å²) in [6, 6.07) is 8.65. The van der Waals surface area contributed by atoms with E-state index in [1.165, 1.54) is 31.2 Å². The first-order valence-electron chi connectivity index (χ1n) is 7.53. The number of alkyl halides is 3. The standard InChI is InChI=1S/C18H15F4NO2S/c1-11(24)13-5-6-16(15(19)8-13)26-10-17(25)23-9-12-3-2-4-14(7-12)18(20,21)22/h2-8H,9-10H2,1H3,(H,23,25). The molecule has 3 nitrogen and oxygen atoms in total. The molecule has 0 fully saturated rings. The van der Waals surface area contributed by atoms with Gasteiger partial charge in [-0.25, -0.2) is 4.39 Å². The smallest absolute Gasteiger partial charge is 0.351 e. The second-order valence-electron chi connectivity index (χ2n) is 5.46. The maximum absolute atomic E-state index is 13.9. The summed E-state index contributed by atoms with van der Waals surface area (Å²) < 4.78 is 51.8. The topological polar surface area (TPSA) is 46.2 Å². The van der Waals surface area contributed by atoms with Gasteiger partial charge in [0.2, 0.25) is 5.91 Å². The number of Topliss-reactive ketones (excluding diaryl/α,β-unsaturated/α-hetero) is 1. The highest BCUT2D eigenvalue weighted by Crippen LogP contribution is 2.29. The number of hydrogen-bond donors (Lipinski definition) is 1. The molecule has 2 rings (SSSR count). The zero-order chi connectivity index (χ0) is 19.3. The molecule has 1 amide bonds. The Morgan fingerprint density at radius 2 is 1.85 bits per heavy atom. The summed E-state index contributed by atoms with van der Waals surface area (Å²) in [6.07, 6.45) is -4.45. The molecule has 2 aromatic carbocycles. The largest absolute Gasteiger partial charge is 0.416 e. The van der Waals surface area contributed by atoms with Gasteiger partial charge in [-0.05, 0) is 36.8 Å². The van der Waals surface area contributed by atoms with Gasteiger partial charge in [0.1, 0.15) is 5.82 Å². The first-order valence-corrected chi connectivity index (χ1v) is 8.51. The molecule has 0 unspecified atom stereocenters. The van der Waals surface area contributed by atoms with Gasteiger partial charge in [0, 0.05) is 17.0 Å². The van der Waals surface area contributed by atoms with E-state index < -0.39 is 23.5 Å². The summed E-state index contributed by atoms with van der Waals surface area (Å²) in [5, 5.41) is 2.49. The lowest BCUT2D eigenvalue weighted by molar-refractivity contribution is -0.137. The molecule has 138 valence electrons. The van der Waals surface area contributed by atoms with Crippen molar-refractivity contribution in [3.8, 4) is 0 Å². The second-order valence-corrected chi connectivity index (χ2v) is 6.48. The van der Waals surface area contributed by atoms with Crippen LogP contribution in [0.1, 0.15) is 28.4 Å². The highest BCUT2D eigenvalue weighted by molar-refractivity contribution is 8.00. The van der Waals surface area contributed by atoms with Gasteiger partial charge in [-0.15, -0.1) is 11.8 Å². The van der Waals surface area contributed by atoms with E-state index in [2.05, 4.69) is 5.32 Å². The monoisotopic (exact) mass is 385 g/mol. The molecule has 0 saturated heterocycles. The Labute approximate surface area is 151 Å². The van der Waals surface area contributed by atoms with Crippen LogP contribution >= 0.6 is 11.8 Å². The van der Waals surface area contributed by atoms with Crippen LogP contribution < -0.4 is 5.32 Å². The van der Waals surface area contributed by atoms with Crippen LogP contribution in [-0.2, 0) is 17.5 Å². The van der Waals surface area contributed by atoms with Crippen LogP contribution in [0.25, 0.3) is 0 Å². The molecule has 1 N–H and O–H groups in total. The van der Waals surface area contributed by atoms with Gasteiger partial charge < -0.3 is 5.32 Å². The predicted octanol–water partition coefficient (Wildman–Crippen LogP) is 4.46. The molecule has 0 aromatic heterocycles. The van der Waals surface area contributed by atoms with Crippen molar-refractivity contribution < 1.29 is 27.2 Å². The average molecular weight is 385 g/mol. The maximum Gasteiger partial charge on any atom is 0.416 e. The minimum atomic E-state index is -4.45. The third-order valence-corrected chi connectivity index (χ3v) is 4.49. The Morgan fingerprint density at radius 1 is 1.12 bits per heavy atom. The van der Waals surface area contributed by atoms with E-state index in [4.69, 9.17) is 0 Å². The fraction of sp³-hybridized carbons (Fsp3) is 0.222. The summed E-state index contributed by atoms with van der Waals surface area (Å²) in [5.74, 6) is -1.41. The zero-order valence-electron chi connectivity index (χ0n) is 13.7. The lowest BCUT2D eigenvalue weighted by Gasteiger charge is -2.10. The molecule has 0 atom stereocenters. The molecule has 8 heteroatoms. The van der Waals surface area contributed by atoms with Gasteiger partial charge in [-0.3, -0.25) is 9.59 Å². The van der Waals surface area contributed by atoms with E-state index in [0.717, 1.165) is 30.0 Å². The van der Waals surface area contributed by atoms with Crippen molar-refractivity contribution in [2.45, 2.75) is 24.5 Å². The Bertz CT molecular complexity index is 821. The molecular formula is C18H15F4NO2S. The number of nitrogens with one attached hydrogen (secondary N) is 1. The third kappa shape index (κ3) is 5.59. The van der Waals surface area contributed by atoms with Crippen LogP contribution in [0.4, 0.5) is 17.6 Å². The Balaban J connectivity index is 1.89. The zero-order valence-corrected chi connectivity index (χ0v) is 14.5. The summed E-state index contributed by atoms with van der Waals surface area (Å²) in [4.78, 5) is 23.2. The van der Waals surface area contributed by atoms with Crippen molar-refractivity contribution in [3.63, 3.8) is 0 Å². The first kappa shape index (κ1) is 20.0. The fourth-order valence-electron chi connectivity index (χ4n) is 2.09. The molecule has 26 heavy (non-hydrogen) atoms. The number of hydrogen-bond acceptors (Lipinski definition) is 3. The Hall–Kier alpha value is -2.35. The van der Waals surface area contributed by atoms with Crippen LogP contribution in [0.5, 0.6) is 0 Å². The van der Waals surface area contributed by atoms with E-state index in [0.29, 0.717) is 5.56 Å². The SMILES string of the molecule is CC(=O)c1ccc(SCC(=O)NCc2cccc(C(F)(F)F)c2)c(F)c1. The van der Waals surface area contributed by atoms with Crippen molar-refractivity contribution in [2.75, 3.05) is 5.75 Å². The number of halogens is 4. The van der Waals surface area contributed by atoms with E-state index in [1.807, 2.05) is 0 Å². The molecular weight excluding hydrogens is 370 g/mol. The first-order chi connectivity index (χ1) is 12.2. The third-order valence-electron chi connectivity index (χ3n) is 3.44. The van der Waals surface area contributed by atoms with Crippen molar-refractivity contribution in [1.29, 1.82) is 0 Å². The minimum absolute atomic E-state index is 0.0604. The number of rotatable bonds is 6. The normalized spacial score (nSPS) is 11.3. The van der Waals surface area contributed by atoms with Crippen molar-refractivity contribution in [3.05, 3.63) is 65.0 Å². The van der Waals surface area contributed by atoms with Crippen molar-refractivity contribution in [2.24, 2.45) is 0 Å². The van der Waals surface area contributed by atoms with Crippen LogP contribution in [0, 0.1) is 5.82 Å². The van der Waals surface area contributed by atoms with Gasteiger partial charge >= 0.3 is 6.18 Å².